The third-order valence-corrected chi connectivity index (χ3v) is 7.37. The Balaban J connectivity index is 1.16. The van der Waals surface area contributed by atoms with Gasteiger partial charge in [-0.3, -0.25) is 25.0 Å². The van der Waals surface area contributed by atoms with Crippen LogP contribution >= 0.6 is 0 Å². The maximum absolute atomic E-state index is 14.4. The van der Waals surface area contributed by atoms with E-state index in [1.54, 1.807) is 23.5 Å². The van der Waals surface area contributed by atoms with Gasteiger partial charge < -0.3 is 19.7 Å². The highest BCUT2D eigenvalue weighted by Gasteiger charge is 2.23. The summed E-state index contributed by atoms with van der Waals surface area (Å²) in [5, 5.41) is 4.63. The number of ketones is 1. The fraction of sp³-hybridized carbons (Fsp3) is 0.483. The van der Waals surface area contributed by atoms with Crippen molar-refractivity contribution in [1.29, 1.82) is 0 Å². The molecule has 2 saturated heterocycles. The molecular weight excluding hydrogens is 515 g/mol. The maximum atomic E-state index is 14.4. The summed E-state index contributed by atoms with van der Waals surface area (Å²) >= 11 is 0. The molecule has 4 heterocycles. The summed E-state index contributed by atoms with van der Waals surface area (Å²) in [6.45, 7) is 5.86. The predicted octanol–water partition coefficient (Wildman–Crippen LogP) is 2.93. The van der Waals surface area contributed by atoms with E-state index >= 15 is 0 Å². The largest absolute Gasteiger partial charge is 0.380 e. The quantitative estimate of drug-likeness (QED) is 0.384. The van der Waals surface area contributed by atoms with Crippen molar-refractivity contribution >= 4 is 23.1 Å². The van der Waals surface area contributed by atoms with Crippen LogP contribution < -0.4 is 26.2 Å². The number of amides is 1. The third kappa shape index (κ3) is 7.15. The van der Waals surface area contributed by atoms with Gasteiger partial charge in [-0.15, -0.1) is 5.53 Å². The van der Waals surface area contributed by atoms with Gasteiger partial charge in [0.15, 0.2) is 5.78 Å². The van der Waals surface area contributed by atoms with E-state index in [-0.39, 0.29) is 17.8 Å². The van der Waals surface area contributed by atoms with Gasteiger partial charge in [0, 0.05) is 56.7 Å². The average Bonchev–Trinajstić information content (AvgIpc) is 3.59. The first-order chi connectivity index (χ1) is 19.5. The van der Waals surface area contributed by atoms with Gasteiger partial charge in [-0.1, -0.05) is 0 Å². The number of aryl methyl sites for hydroxylation is 2. The molecule has 0 saturated carbocycles. The number of benzene rings is 1. The summed E-state index contributed by atoms with van der Waals surface area (Å²) in [4.78, 5) is 32.1. The minimum atomic E-state index is -0.405. The van der Waals surface area contributed by atoms with E-state index in [0.29, 0.717) is 56.8 Å². The first-order valence-corrected chi connectivity index (χ1v) is 14.0. The number of hydrogen-bond donors (Lipinski definition) is 3. The van der Waals surface area contributed by atoms with Crippen LogP contribution in [0.25, 0.3) is 0 Å². The lowest BCUT2D eigenvalue weighted by molar-refractivity contribution is -0.118. The number of ether oxygens (including phenoxy) is 2. The SMILES string of the molecule is Cc1ncc(CCCC(=O)c2cc(F)cc(N3CCCOCC3)c2)cc1N1C=C(C(=O)NCC2CCCO2)NN1. The van der Waals surface area contributed by atoms with Crippen LogP contribution in [0.1, 0.15) is 53.7 Å². The van der Waals surface area contributed by atoms with Crippen LogP contribution in [0.4, 0.5) is 15.8 Å². The van der Waals surface area contributed by atoms with E-state index in [1.807, 2.05) is 13.0 Å². The van der Waals surface area contributed by atoms with Crippen LogP contribution in [-0.2, 0) is 20.7 Å². The molecule has 3 aliphatic heterocycles. The van der Waals surface area contributed by atoms with Crippen molar-refractivity contribution in [2.24, 2.45) is 0 Å². The molecule has 1 amide bonds. The number of pyridine rings is 1. The first-order valence-electron chi connectivity index (χ1n) is 14.0. The first kappa shape index (κ1) is 28.0. The molecule has 10 nitrogen and oxygen atoms in total. The number of Topliss-reactive ketones (excluding diaryl/α,β-unsaturated/α-hetero) is 1. The smallest absolute Gasteiger partial charge is 0.270 e. The van der Waals surface area contributed by atoms with Gasteiger partial charge in [0.1, 0.15) is 11.5 Å². The number of nitrogens with one attached hydrogen (secondary N) is 3. The normalized spacial score (nSPS) is 19.2. The van der Waals surface area contributed by atoms with Gasteiger partial charge >= 0.3 is 0 Å². The number of carbonyl (C=O) groups excluding carboxylic acids is 2. The lowest BCUT2D eigenvalue weighted by Gasteiger charge is -2.22. The molecule has 0 radical (unpaired) electrons. The molecule has 214 valence electrons. The fourth-order valence-corrected chi connectivity index (χ4v) is 5.13. The van der Waals surface area contributed by atoms with E-state index in [4.69, 9.17) is 9.47 Å². The monoisotopic (exact) mass is 552 g/mol. The second-order valence-corrected chi connectivity index (χ2v) is 10.4. The molecule has 0 aliphatic carbocycles. The Labute approximate surface area is 233 Å². The van der Waals surface area contributed by atoms with Gasteiger partial charge in [-0.25, -0.2) is 4.39 Å². The van der Waals surface area contributed by atoms with Crippen molar-refractivity contribution in [1.82, 2.24) is 21.3 Å². The molecule has 1 atom stereocenters. The Morgan fingerprint density at radius 3 is 2.90 bits per heavy atom. The van der Waals surface area contributed by atoms with Crippen LogP contribution in [0, 0.1) is 12.7 Å². The highest BCUT2D eigenvalue weighted by molar-refractivity contribution is 5.97. The molecule has 3 N–H and O–H groups in total. The minimum Gasteiger partial charge on any atom is -0.380 e. The fourth-order valence-electron chi connectivity index (χ4n) is 5.13. The molecule has 0 spiro atoms. The molecule has 40 heavy (non-hydrogen) atoms. The predicted molar refractivity (Wildman–Crippen MR) is 149 cm³/mol. The van der Waals surface area contributed by atoms with Crippen molar-refractivity contribution in [2.75, 3.05) is 49.4 Å². The Hall–Kier alpha value is -3.54. The van der Waals surface area contributed by atoms with Crippen molar-refractivity contribution in [3.8, 4) is 0 Å². The maximum Gasteiger partial charge on any atom is 0.270 e. The molecule has 2 fully saturated rings. The molecule has 1 aromatic heterocycles. The van der Waals surface area contributed by atoms with Crippen molar-refractivity contribution in [2.45, 2.75) is 51.6 Å². The van der Waals surface area contributed by atoms with Crippen LogP contribution in [0.5, 0.6) is 0 Å². The van der Waals surface area contributed by atoms with Gasteiger partial charge in [0.2, 0.25) is 0 Å². The zero-order valence-corrected chi connectivity index (χ0v) is 22.9. The van der Waals surface area contributed by atoms with E-state index in [9.17, 15) is 14.0 Å². The summed E-state index contributed by atoms with van der Waals surface area (Å²) in [6.07, 6.45) is 7.95. The number of anilines is 2. The van der Waals surface area contributed by atoms with E-state index < -0.39 is 5.82 Å². The molecule has 5 rings (SSSR count). The number of hydrazine groups is 2. The van der Waals surface area contributed by atoms with E-state index in [0.717, 1.165) is 55.0 Å². The van der Waals surface area contributed by atoms with Crippen LogP contribution in [-0.4, -0.2) is 62.2 Å². The second kappa shape index (κ2) is 13.2. The van der Waals surface area contributed by atoms with Crippen LogP contribution in [0.2, 0.25) is 0 Å². The standard InChI is InChI=1S/C29H37FN6O4/c1-20-27(36-19-26(33-34-36)29(38)32-18-25-6-3-11-40-25)13-21(17-31-20)5-2-7-28(37)22-14-23(30)16-24(15-22)35-8-4-10-39-12-9-35/h13-17,19,25,33-34H,2-12,18H2,1H3,(H,32,38). The highest BCUT2D eigenvalue weighted by atomic mass is 19.1. The Morgan fingerprint density at radius 2 is 2.05 bits per heavy atom. The van der Waals surface area contributed by atoms with Crippen LogP contribution in [0.15, 0.2) is 42.4 Å². The molecular formula is C29H37FN6O4. The van der Waals surface area contributed by atoms with Gasteiger partial charge in [0.05, 0.1) is 30.3 Å². The summed E-state index contributed by atoms with van der Waals surface area (Å²) < 4.78 is 25.4. The molecule has 11 heteroatoms. The van der Waals surface area contributed by atoms with E-state index in [1.165, 1.54) is 12.1 Å². The lowest BCUT2D eigenvalue weighted by Crippen LogP contribution is -2.40. The molecule has 0 bridgehead atoms. The number of nitrogens with zero attached hydrogens (tertiary/aromatic N) is 3. The molecule has 2 aromatic rings. The number of carbonyl (C=O) groups is 2. The number of hydrogen-bond acceptors (Lipinski definition) is 9. The number of aromatic nitrogens is 1. The highest BCUT2D eigenvalue weighted by Crippen LogP contribution is 2.24. The zero-order valence-electron chi connectivity index (χ0n) is 22.9. The number of halogens is 1. The van der Waals surface area contributed by atoms with E-state index in [2.05, 4.69) is 26.2 Å². The van der Waals surface area contributed by atoms with Gasteiger partial charge in [0.25, 0.3) is 5.91 Å². The minimum absolute atomic E-state index is 0.0716. The lowest BCUT2D eigenvalue weighted by atomic mass is 10.0. The van der Waals surface area contributed by atoms with Gasteiger partial charge in [-0.2, -0.15) is 0 Å². The van der Waals surface area contributed by atoms with Crippen molar-refractivity contribution < 1.29 is 23.5 Å². The third-order valence-electron chi connectivity index (χ3n) is 7.37. The second-order valence-electron chi connectivity index (χ2n) is 10.4. The Morgan fingerprint density at radius 1 is 1.15 bits per heavy atom. The van der Waals surface area contributed by atoms with Gasteiger partial charge in [-0.05, 0) is 68.9 Å². The molecule has 3 aliphatic rings. The summed E-state index contributed by atoms with van der Waals surface area (Å²) in [5.41, 5.74) is 9.97. The summed E-state index contributed by atoms with van der Waals surface area (Å²) in [5.74, 6) is -0.701. The Bertz CT molecular complexity index is 1240. The topological polar surface area (TPSA) is 108 Å². The Kier molecular flexibility index (Phi) is 9.25. The average molecular weight is 553 g/mol. The number of rotatable bonds is 10. The molecule has 1 unspecified atom stereocenters. The summed E-state index contributed by atoms with van der Waals surface area (Å²) in [7, 11) is 0. The van der Waals surface area contributed by atoms with Crippen molar-refractivity contribution in [3.05, 3.63) is 65.0 Å². The van der Waals surface area contributed by atoms with Crippen LogP contribution in [0.3, 0.4) is 0 Å². The van der Waals surface area contributed by atoms with Crippen molar-refractivity contribution in [3.63, 3.8) is 0 Å². The summed E-state index contributed by atoms with van der Waals surface area (Å²) in [6, 6.07) is 6.58. The zero-order chi connectivity index (χ0) is 27.9. The molecule has 1 aromatic carbocycles.